The number of amides is 2. The van der Waals surface area contributed by atoms with Gasteiger partial charge in [0, 0.05) is 85.2 Å². The molecule has 0 spiro atoms. The van der Waals surface area contributed by atoms with Gasteiger partial charge >= 0.3 is 0 Å². The first-order chi connectivity index (χ1) is 16.4. The lowest BCUT2D eigenvalue weighted by Crippen LogP contribution is -2.47. The van der Waals surface area contributed by atoms with Crippen LogP contribution in [0.2, 0.25) is 0 Å². The fraction of sp³-hybridized carbons (Fsp3) is 0.333. The third-order valence-electron chi connectivity index (χ3n) is 5.87. The van der Waals surface area contributed by atoms with E-state index in [0.29, 0.717) is 5.95 Å². The molecule has 1 fully saturated rings. The first kappa shape index (κ1) is 22.8. The molecule has 176 valence electrons. The SMILES string of the molecule is CC(=O)Nc1cccc(Nc2ncc3c(n2)-c2cc(CN4CCN(C(C)=O)CC4)sc2CS3)c1. The molecule has 34 heavy (non-hydrogen) atoms. The van der Waals surface area contributed by atoms with E-state index in [-0.39, 0.29) is 11.8 Å². The fourth-order valence-corrected chi connectivity index (χ4v) is 6.47. The molecule has 2 aliphatic rings. The lowest BCUT2D eigenvalue weighted by molar-refractivity contribution is -0.130. The van der Waals surface area contributed by atoms with E-state index in [9.17, 15) is 9.59 Å². The predicted octanol–water partition coefficient (Wildman–Crippen LogP) is 4.18. The molecule has 1 saturated heterocycles. The monoisotopic (exact) mass is 494 g/mol. The summed E-state index contributed by atoms with van der Waals surface area (Å²) in [6.45, 7) is 7.43. The van der Waals surface area contributed by atoms with Crippen LogP contribution in [0, 0.1) is 0 Å². The molecule has 0 radical (unpaired) electrons. The van der Waals surface area contributed by atoms with Crippen LogP contribution in [0.4, 0.5) is 17.3 Å². The molecule has 8 nitrogen and oxygen atoms in total. The average molecular weight is 495 g/mol. The van der Waals surface area contributed by atoms with Gasteiger partial charge in [-0.15, -0.1) is 23.1 Å². The van der Waals surface area contributed by atoms with Crippen molar-refractivity contribution in [1.29, 1.82) is 0 Å². The Morgan fingerprint density at radius 2 is 1.88 bits per heavy atom. The van der Waals surface area contributed by atoms with Crippen LogP contribution in [-0.4, -0.2) is 57.8 Å². The van der Waals surface area contributed by atoms with Crippen LogP contribution < -0.4 is 10.6 Å². The normalized spacial score (nSPS) is 15.4. The van der Waals surface area contributed by atoms with Crippen LogP contribution in [0.25, 0.3) is 11.3 Å². The first-order valence-electron chi connectivity index (χ1n) is 11.2. The second-order valence-electron chi connectivity index (χ2n) is 8.41. The summed E-state index contributed by atoms with van der Waals surface area (Å²) in [4.78, 5) is 40.4. The Bertz CT molecular complexity index is 1240. The van der Waals surface area contributed by atoms with Crippen molar-refractivity contribution in [2.24, 2.45) is 0 Å². The zero-order chi connectivity index (χ0) is 23.7. The number of benzene rings is 1. The average Bonchev–Trinajstić information content (AvgIpc) is 3.22. The molecular weight excluding hydrogens is 468 g/mol. The number of thioether (sulfide) groups is 1. The van der Waals surface area contributed by atoms with E-state index in [4.69, 9.17) is 4.98 Å². The predicted molar refractivity (Wildman–Crippen MR) is 136 cm³/mol. The minimum atomic E-state index is -0.110. The van der Waals surface area contributed by atoms with Crippen molar-refractivity contribution in [2.45, 2.75) is 31.0 Å². The molecule has 2 aliphatic heterocycles. The molecule has 2 amide bonds. The van der Waals surface area contributed by atoms with Gasteiger partial charge in [0.1, 0.15) is 0 Å². The van der Waals surface area contributed by atoms with Gasteiger partial charge in [0.25, 0.3) is 0 Å². The van der Waals surface area contributed by atoms with Gasteiger partial charge in [0.2, 0.25) is 17.8 Å². The molecular formula is C24H26N6O2S2. The molecule has 5 rings (SSSR count). The molecule has 0 saturated carbocycles. The number of hydrogen-bond donors (Lipinski definition) is 2. The number of carbonyl (C=O) groups is 2. The summed E-state index contributed by atoms with van der Waals surface area (Å²) >= 11 is 3.62. The third kappa shape index (κ3) is 5.08. The molecule has 3 aromatic rings. The highest BCUT2D eigenvalue weighted by atomic mass is 32.2. The van der Waals surface area contributed by atoms with Crippen LogP contribution >= 0.6 is 23.1 Å². The Labute approximate surface area is 206 Å². The molecule has 0 atom stereocenters. The first-order valence-corrected chi connectivity index (χ1v) is 13.0. The van der Waals surface area contributed by atoms with Gasteiger partial charge in [-0.3, -0.25) is 14.5 Å². The van der Waals surface area contributed by atoms with Crippen molar-refractivity contribution in [3.63, 3.8) is 0 Å². The van der Waals surface area contributed by atoms with Gasteiger partial charge < -0.3 is 15.5 Å². The molecule has 2 aromatic heterocycles. The second-order valence-corrected chi connectivity index (χ2v) is 10.7. The maximum Gasteiger partial charge on any atom is 0.227 e. The maximum absolute atomic E-state index is 11.6. The molecule has 10 heteroatoms. The smallest absolute Gasteiger partial charge is 0.227 e. The molecule has 0 aliphatic carbocycles. The van der Waals surface area contributed by atoms with E-state index in [1.165, 1.54) is 22.2 Å². The lowest BCUT2D eigenvalue weighted by Gasteiger charge is -2.33. The van der Waals surface area contributed by atoms with Crippen molar-refractivity contribution in [1.82, 2.24) is 19.8 Å². The standard InChI is InChI=1S/C24H26N6O2S2/c1-15(31)26-17-4-3-5-18(10-17)27-24-25-12-21-23(28-24)20-11-19(34-22(20)14-33-21)13-29-6-8-30(9-7-29)16(2)32/h3-5,10-12H,6-9,13-14H2,1-2H3,(H,26,31)(H,25,27,28). The summed E-state index contributed by atoms with van der Waals surface area (Å²) in [6, 6.07) is 9.77. The number of nitrogens with zero attached hydrogens (tertiary/aromatic N) is 4. The Morgan fingerprint density at radius 3 is 2.65 bits per heavy atom. The van der Waals surface area contributed by atoms with Crippen LogP contribution in [-0.2, 0) is 21.9 Å². The van der Waals surface area contributed by atoms with Crippen LogP contribution in [0.5, 0.6) is 0 Å². The van der Waals surface area contributed by atoms with E-state index < -0.39 is 0 Å². The van der Waals surface area contributed by atoms with Crippen molar-refractivity contribution in [3.8, 4) is 11.3 Å². The van der Waals surface area contributed by atoms with Gasteiger partial charge in [0.15, 0.2) is 0 Å². The second kappa shape index (κ2) is 9.73. The van der Waals surface area contributed by atoms with Crippen LogP contribution in [0.3, 0.4) is 0 Å². The third-order valence-corrected chi connectivity index (χ3v) is 8.21. The number of aromatic nitrogens is 2. The summed E-state index contributed by atoms with van der Waals surface area (Å²) in [5.74, 6) is 1.51. The Kier molecular flexibility index (Phi) is 6.53. The van der Waals surface area contributed by atoms with Gasteiger partial charge in [-0.25, -0.2) is 9.97 Å². The number of anilines is 3. The number of piperazine rings is 1. The minimum absolute atomic E-state index is 0.110. The molecule has 0 unspecified atom stereocenters. The summed E-state index contributed by atoms with van der Waals surface area (Å²) in [7, 11) is 0. The number of nitrogens with one attached hydrogen (secondary N) is 2. The summed E-state index contributed by atoms with van der Waals surface area (Å²) in [6.07, 6.45) is 1.88. The number of carbonyl (C=O) groups excluding carboxylic acids is 2. The topological polar surface area (TPSA) is 90.5 Å². The van der Waals surface area contributed by atoms with Crippen molar-refractivity contribution >= 4 is 52.2 Å². The van der Waals surface area contributed by atoms with Gasteiger partial charge in [0.05, 0.1) is 10.6 Å². The molecule has 0 bridgehead atoms. The van der Waals surface area contributed by atoms with Crippen LogP contribution in [0.1, 0.15) is 23.6 Å². The highest BCUT2D eigenvalue weighted by molar-refractivity contribution is 7.98. The Morgan fingerprint density at radius 1 is 1.09 bits per heavy atom. The van der Waals surface area contributed by atoms with Crippen molar-refractivity contribution in [3.05, 3.63) is 46.3 Å². The highest BCUT2D eigenvalue weighted by Crippen LogP contribution is 2.44. The molecule has 1 aromatic carbocycles. The number of fused-ring (bicyclic) bond motifs is 3. The van der Waals surface area contributed by atoms with E-state index >= 15 is 0 Å². The van der Waals surface area contributed by atoms with Gasteiger partial charge in [-0.1, -0.05) is 6.07 Å². The maximum atomic E-state index is 11.6. The Hall–Kier alpha value is -2.95. The summed E-state index contributed by atoms with van der Waals surface area (Å²) in [5, 5.41) is 6.06. The summed E-state index contributed by atoms with van der Waals surface area (Å²) < 4.78 is 0. The fourth-order valence-electron chi connectivity index (χ4n) is 4.19. The zero-order valence-electron chi connectivity index (χ0n) is 19.1. The van der Waals surface area contributed by atoms with E-state index in [2.05, 4.69) is 26.6 Å². The van der Waals surface area contributed by atoms with E-state index in [1.54, 1.807) is 18.7 Å². The van der Waals surface area contributed by atoms with Crippen molar-refractivity contribution in [2.75, 3.05) is 36.8 Å². The number of rotatable bonds is 5. The summed E-state index contributed by atoms with van der Waals surface area (Å²) in [5.41, 5.74) is 3.68. The van der Waals surface area contributed by atoms with Crippen molar-refractivity contribution < 1.29 is 9.59 Å². The highest BCUT2D eigenvalue weighted by Gasteiger charge is 2.24. The molecule has 4 heterocycles. The quantitative estimate of drug-likeness (QED) is 0.550. The Balaban J connectivity index is 1.32. The number of thiophene rings is 1. The van der Waals surface area contributed by atoms with E-state index in [0.717, 1.165) is 60.4 Å². The van der Waals surface area contributed by atoms with Gasteiger partial charge in [-0.2, -0.15) is 0 Å². The van der Waals surface area contributed by atoms with Gasteiger partial charge in [-0.05, 0) is 24.3 Å². The number of hydrogen-bond acceptors (Lipinski definition) is 8. The minimum Gasteiger partial charge on any atom is -0.340 e. The molecule has 2 N–H and O–H groups in total. The lowest BCUT2D eigenvalue weighted by atomic mass is 10.1. The van der Waals surface area contributed by atoms with Crippen LogP contribution in [0.15, 0.2) is 41.4 Å². The zero-order valence-corrected chi connectivity index (χ0v) is 20.8. The largest absolute Gasteiger partial charge is 0.340 e. The van der Waals surface area contributed by atoms with E-state index in [1.807, 2.05) is 46.7 Å².